The molecule has 2 heterocycles. The van der Waals surface area contributed by atoms with Crippen LogP contribution in [0.15, 0.2) is 18.7 Å². The van der Waals surface area contributed by atoms with Gasteiger partial charge in [0.05, 0.1) is 18.1 Å². The zero-order chi connectivity index (χ0) is 11.4. The lowest BCUT2D eigenvalue weighted by Crippen LogP contribution is -2.40. The summed E-state index contributed by atoms with van der Waals surface area (Å²) in [6.07, 6.45) is 6.80. The van der Waals surface area contributed by atoms with E-state index in [9.17, 15) is 4.79 Å². The van der Waals surface area contributed by atoms with E-state index in [1.165, 1.54) is 6.33 Å². The van der Waals surface area contributed by atoms with Crippen LogP contribution in [0.1, 0.15) is 19.8 Å². The molecule has 0 unspecified atom stereocenters. The van der Waals surface area contributed by atoms with E-state index >= 15 is 0 Å². The first-order valence-electron chi connectivity index (χ1n) is 5.56. The molecule has 1 aliphatic heterocycles. The van der Waals surface area contributed by atoms with Crippen molar-refractivity contribution in [3.05, 3.63) is 18.7 Å². The summed E-state index contributed by atoms with van der Waals surface area (Å²) in [7, 11) is 0. The molecule has 0 atom stereocenters. The van der Waals surface area contributed by atoms with Gasteiger partial charge in [-0.2, -0.15) is 0 Å². The first-order chi connectivity index (χ1) is 7.75. The summed E-state index contributed by atoms with van der Waals surface area (Å²) in [5, 5.41) is 2.79. The van der Waals surface area contributed by atoms with Gasteiger partial charge >= 0.3 is 6.03 Å². The third-order valence-electron chi connectivity index (χ3n) is 2.88. The van der Waals surface area contributed by atoms with Crippen LogP contribution >= 0.6 is 0 Å². The van der Waals surface area contributed by atoms with Gasteiger partial charge in [-0.25, -0.2) is 14.8 Å². The average molecular weight is 220 g/mol. The Morgan fingerprint density at radius 3 is 2.62 bits per heavy atom. The van der Waals surface area contributed by atoms with Crippen LogP contribution in [-0.2, 0) is 0 Å². The molecule has 1 saturated heterocycles. The largest absolute Gasteiger partial charge is 0.325 e. The molecule has 0 saturated carbocycles. The Hall–Kier alpha value is -1.65. The smallest absolute Gasteiger partial charge is 0.321 e. The lowest BCUT2D eigenvalue weighted by atomic mass is 10.00. The SMILES string of the molecule is CC1CCN(C(=O)Nc2cncnc2)CC1. The van der Waals surface area contributed by atoms with Crippen LogP contribution in [0.2, 0.25) is 0 Å². The van der Waals surface area contributed by atoms with E-state index in [-0.39, 0.29) is 6.03 Å². The van der Waals surface area contributed by atoms with Crippen molar-refractivity contribution in [3.63, 3.8) is 0 Å². The number of carbonyl (C=O) groups excluding carboxylic acids is 1. The molecule has 5 nitrogen and oxygen atoms in total. The lowest BCUT2D eigenvalue weighted by Gasteiger charge is -2.30. The van der Waals surface area contributed by atoms with Gasteiger partial charge in [0, 0.05) is 13.1 Å². The standard InChI is InChI=1S/C11H16N4O/c1-9-2-4-15(5-3-9)11(16)14-10-6-12-8-13-7-10/h6-9H,2-5H2,1H3,(H,14,16). The molecular formula is C11H16N4O. The summed E-state index contributed by atoms with van der Waals surface area (Å²) >= 11 is 0. The highest BCUT2D eigenvalue weighted by atomic mass is 16.2. The fourth-order valence-corrected chi connectivity index (χ4v) is 1.78. The van der Waals surface area contributed by atoms with Crippen LogP contribution in [0.5, 0.6) is 0 Å². The van der Waals surface area contributed by atoms with Crippen LogP contribution < -0.4 is 5.32 Å². The van der Waals surface area contributed by atoms with E-state index in [1.807, 2.05) is 4.90 Å². The van der Waals surface area contributed by atoms with E-state index < -0.39 is 0 Å². The molecule has 1 fully saturated rings. The molecule has 2 amide bonds. The number of hydrogen-bond donors (Lipinski definition) is 1. The van der Waals surface area contributed by atoms with Crippen molar-refractivity contribution in [1.82, 2.24) is 14.9 Å². The minimum Gasteiger partial charge on any atom is -0.325 e. The molecule has 0 spiro atoms. The van der Waals surface area contributed by atoms with Crippen molar-refractivity contribution in [2.45, 2.75) is 19.8 Å². The Morgan fingerprint density at radius 1 is 1.38 bits per heavy atom. The predicted molar refractivity (Wildman–Crippen MR) is 61.0 cm³/mol. The zero-order valence-corrected chi connectivity index (χ0v) is 9.39. The summed E-state index contributed by atoms with van der Waals surface area (Å²) in [6, 6.07) is -0.0540. The van der Waals surface area contributed by atoms with Gasteiger partial charge in [-0.05, 0) is 18.8 Å². The molecule has 5 heteroatoms. The summed E-state index contributed by atoms with van der Waals surface area (Å²) in [5.41, 5.74) is 0.645. The van der Waals surface area contributed by atoms with E-state index in [2.05, 4.69) is 22.2 Å². The molecule has 2 rings (SSSR count). The fourth-order valence-electron chi connectivity index (χ4n) is 1.78. The number of likely N-dealkylation sites (tertiary alicyclic amines) is 1. The molecule has 16 heavy (non-hydrogen) atoms. The van der Waals surface area contributed by atoms with Crippen LogP contribution in [0.3, 0.4) is 0 Å². The Morgan fingerprint density at radius 2 is 2.00 bits per heavy atom. The number of hydrogen-bond acceptors (Lipinski definition) is 3. The second kappa shape index (κ2) is 4.92. The number of urea groups is 1. The molecule has 1 aromatic heterocycles. The van der Waals surface area contributed by atoms with Crippen LogP contribution in [-0.4, -0.2) is 34.0 Å². The number of rotatable bonds is 1. The number of nitrogens with one attached hydrogen (secondary N) is 1. The van der Waals surface area contributed by atoms with Gasteiger partial charge < -0.3 is 10.2 Å². The van der Waals surface area contributed by atoms with Crippen molar-refractivity contribution in [2.75, 3.05) is 18.4 Å². The topological polar surface area (TPSA) is 58.1 Å². The van der Waals surface area contributed by atoms with Crippen LogP contribution in [0, 0.1) is 5.92 Å². The van der Waals surface area contributed by atoms with Gasteiger partial charge in [0.15, 0.2) is 0 Å². The third-order valence-corrected chi connectivity index (χ3v) is 2.88. The Kier molecular flexibility index (Phi) is 3.34. The molecule has 0 bridgehead atoms. The zero-order valence-electron chi connectivity index (χ0n) is 9.39. The highest BCUT2D eigenvalue weighted by molar-refractivity contribution is 5.88. The Bertz CT molecular complexity index is 346. The maximum Gasteiger partial charge on any atom is 0.321 e. The summed E-state index contributed by atoms with van der Waals surface area (Å²) in [5.74, 6) is 0.726. The molecular weight excluding hydrogens is 204 g/mol. The minimum absolute atomic E-state index is 0.0540. The predicted octanol–water partition coefficient (Wildman–Crippen LogP) is 1.74. The molecule has 1 aliphatic rings. The molecule has 0 aliphatic carbocycles. The van der Waals surface area contributed by atoms with Crippen molar-refractivity contribution >= 4 is 11.7 Å². The van der Waals surface area contributed by atoms with E-state index in [0.717, 1.165) is 31.8 Å². The number of anilines is 1. The van der Waals surface area contributed by atoms with Crippen molar-refractivity contribution < 1.29 is 4.79 Å². The first-order valence-corrected chi connectivity index (χ1v) is 5.56. The number of piperidine rings is 1. The quantitative estimate of drug-likeness (QED) is 0.784. The first kappa shape index (κ1) is 10.9. The van der Waals surface area contributed by atoms with Gasteiger partial charge in [0.2, 0.25) is 0 Å². The van der Waals surface area contributed by atoms with Gasteiger partial charge in [0.25, 0.3) is 0 Å². The number of carbonyl (C=O) groups is 1. The summed E-state index contributed by atoms with van der Waals surface area (Å²) in [4.78, 5) is 21.4. The maximum atomic E-state index is 11.8. The normalized spacial score (nSPS) is 17.2. The lowest BCUT2D eigenvalue weighted by molar-refractivity contribution is 0.186. The monoisotopic (exact) mass is 220 g/mol. The van der Waals surface area contributed by atoms with Crippen LogP contribution in [0.25, 0.3) is 0 Å². The van der Waals surface area contributed by atoms with Gasteiger partial charge in [-0.3, -0.25) is 0 Å². The van der Waals surface area contributed by atoms with Gasteiger partial charge in [0.1, 0.15) is 6.33 Å². The highest BCUT2D eigenvalue weighted by Crippen LogP contribution is 2.16. The summed E-state index contributed by atoms with van der Waals surface area (Å²) < 4.78 is 0. The van der Waals surface area contributed by atoms with E-state index in [0.29, 0.717) is 5.69 Å². The highest BCUT2D eigenvalue weighted by Gasteiger charge is 2.20. The van der Waals surface area contributed by atoms with Crippen molar-refractivity contribution in [1.29, 1.82) is 0 Å². The Balaban J connectivity index is 1.89. The summed E-state index contributed by atoms with van der Waals surface area (Å²) in [6.45, 7) is 3.89. The number of nitrogens with zero attached hydrogens (tertiary/aromatic N) is 3. The van der Waals surface area contributed by atoms with Crippen molar-refractivity contribution in [2.24, 2.45) is 5.92 Å². The molecule has 1 N–H and O–H groups in total. The van der Waals surface area contributed by atoms with Gasteiger partial charge in [-0.15, -0.1) is 0 Å². The molecule has 1 aromatic rings. The van der Waals surface area contributed by atoms with Gasteiger partial charge in [-0.1, -0.05) is 6.92 Å². The molecule has 0 radical (unpaired) electrons. The average Bonchev–Trinajstić information content (AvgIpc) is 2.31. The number of aromatic nitrogens is 2. The third kappa shape index (κ3) is 2.68. The minimum atomic E-state index is -0.0540. The number of amides is 2. The maximum absolute atomic E-state index is 11.8. The second-order valence-corrected chi connectivity index (χ2v) is 4.23. The fraction of sp³-hybridized carbons (Fsp3) is 0.545. The second-order valence-electron chi connectivity index (χ2n) is 4.23. The van der Waals surface area contributed by atoms with E-state index in [1.54, 1.807) is 12.4 Å². The molecule has 0 aromatic carbocycles. The Labute approximate surface area is 94.9 Å². The molecule has 86 valence electrons. The van der Waals surface area contributed by atoms with Crippen LogP contribution in [0.4, 0.5) is 10.5 Å². The van der Waals surface area contributed by atoms with E-state index in [4.69, 9.17) is 0 Å². The van der Waals surface area contributed by atoms with Crippen molar-refractivity contribution in [3.8, 4) is 0 Å².